The van der Waals surface area contributed by atoms with Crippen molar-refractivity contribution in [2.45, 2.75) is 45.6 Å². The van der Waals surface area contributed by atoms with Gasteiger partial charge in [-0.15, -0.1) is 0 Å². The zero-order valence-electron chi connectivity index (χ0n) is 11.2. The predicted octanol–water partition coefficient (Wildman–Crippen LogP) is 1.04. The van der Waals surface area contributed by atoms with Gasteiger partial charge in [-0.2, -0.15) is 0 Å². The van der Waals surface area contributed by atoms with Crippen LogP contribution in [-0.4, -0.2) is 52.9 Å². The van der Waals surface area contributed by atoms with E-state index in [9.17, 15) is 9.59 Å². The Morgan fingerprint density at radius 2 is 2.00 bits per heavy atom. The van der Waals surface area contributed by atoms with Gasteiger partial charge in [0.05, 0.1) is 6.42 Å². The Labute approximate surface area is 108 Å². The number of nitrogens with zero attached hydrogens (tertiary/aromatic N) is 1. The van der Waals surface area contributed by atoms with Crippen molar-refractivity contribution in [3.8, 4) is 0 Å². The Hall–Kier alpha value is -1.30. The monoisotopic (exact) mass is 260 g/mol. The molecular weight excluding hydrogens is 236 g/mol. The van der Waals surface area contributed by atoms with Crippen LogP contribution in [0.4, 0.5) is 4.79 Å². The third kappa shape index (κ3) is 7.11. The van der Waals surface area contributed by atoms with Gasteiger partial charge in [0.25, 0.3) is 0 Å². The van der Waals surface area contributed by atoms with Gasteiger partial charge in [-0.05, 0) is 19.8 Å². The van der Waals surface area contributed by atoms with E-state index in [1.54, 1.807) is 4.90 Å². The Balaban J connectivity index is 4.31. The van der Waals surface area contributed by atoms with E-state index in [0.717, 1.165) is 6.42 Å². The van der Waals surface area contributed by atoms with Crippen LogP contribution in [0.25, 0.3) is 0 Å². The Morgan fingerprint density at radius 3 is 2.44 bits per heavy atom. The van der Waals surface area contributed by atoms with E-state index in [4.69, 9.17) is 10.2 Å². The summed E-state index contributed by atoms with van der Waals surface area (Å²) >= 11 is 0. The summed E-state index contributed by atoms with van der Waals surface area (Å²) in [6.45, 7) is 4.85. The first-order valence-corrected chi connectivity index (χ1v) is 6.43. The third-order valence-electron chi connectivity index (χ3n) is 2.64. The molecule has 0 aliphatic rings. The number of urea groups is 1. The molecule has 0 aromatic heterocycles. The minimum Gasteiger partial charge on any atom is -0.481 e. The largest absolute Gasteiger partial charge is 0.481 e. The number of hydrogen-bond acceptors (Lipinski definition) is 3. The molecule has 0 spiro atoms. The summed E-state index contributed by atoms with van der Waals surface area (Å²) in [5.41, 5.74) is 0. The van der Waals surface area contributed by atoms with Gasteiger partial charge in [0.15, 0.2) is 0 Å². The highest BCUT2D eigenvalue weighted by Gasteiger charge is 2.18. The van der Waals surface area contributed by atoms with Crippen LogP contribution < -0.4 is 5.32 Å². The standard InChI is InChI=1S/C12H24N2O4/c1-3-6-10(9-11(16)17)13-12(18)14(4-2)7-5-8-15/h10,15H,3-9H2,1-2H3,(H,13,18)(H,16,17). The highest BCUT2D eigenvalue weighted by Crippen LogP contribution is 2.03. The molecule has 0 rings (SSSR count). The normalized spacial score (nSPS) is 11.9. The predicted molar refractivity (Wildman–Crippen MR) is 68.4 cm³/mol. The maximum Gasteiger partial charge on any atom is 0.317 e. The van der Waals surface area contributed by atoms with E-state index < -0.39 is 5.97 Å². The molecule has 0 aromatic rings. The number of rotatable bonds is 9. The van der Waals surface area contributed by atoms with Gasteiger partial charge in [0.1, 0.15) is 0 Å². The quantitative estimate of drug-likeness (QED) is 0.578. The van der Waals surface area contributed by atoms with Crippen molar-refractivity contribution in [2.24, 2.45) is 0 Å². The second-order valence-corrected chi connectivity index (χ2v) is 4.19. The van der Waals surface area contributed by atoms with Gasteiger partial charge >= 0.3 is 12.0 Å². The van der Waals surface area contributed by atoms with Crippen molar-refractivity contribution in [1.82, 2.24) is 10.2 Å². The van der Waals surface area contributed by atoms with E-state index in [-0.39, 0.29) is 25.1 Å². The van der Waals surface area contributed by atoms with Crippen molar-refractivity contribution < 1.29 is 19.8 Å². The number of amides is 2. The lowest BCUT2D eigenvalue weighted by Gasteiger charge is -2.24. The Kier molecular flexibility index (Phi) is 9.00. The molecule has 0 fully saturated rings. The first-order valence-electron chi connectivity index (χ1n) is 6.43. The van der Waals surface area contributed by atoms with Crippen molar-refractivity contribution >= 4 is 12.0 Å². The summed E-state index contributed by atoms with van der Waals surface area (Å²) in [7, 11) is 0. The van der Waals surface area contributed by atoms with Crippen molar-refractivity contribution in [1.29, 1.82) is 0 Å². The van der Waals surface area contributed by atoms with Crippen LogP contribution in [0.2, 0.25) is 0 Å². The fourth-order valence-electron chi connectivity index (χ4n) is 1.72. The van der Waals surface area contributed by atoms with Crippen LogP contribution >= 0.6 is 0 Å². The van der Waals surface area contributed by atoms with E-state index >= 15 is 0 Å². The van der Waals surface area contributed by atoms with Crippen molar-refractivity contribution in [3.63, 3.8) is 0 Å². The van der Waals surface area contributed by atoms with E-state index in [2.05, 4.69) is 5.32 Å². The summed E-state index contributed by atoms with van der Waals surface area (Å²) in [5, 5.41) is 20.2. The molecule has 3 N–H and O–H groups in total. The molecule has 2 amide bonds. The second kappa shape index (κ2) is 9.70. The van der Waals surface area contributed by atoms with Gasteiger partial charge < -0.3 is 20.4 Å². The zero-order chi connectivity index (χ0) is 14.0. The molecule has 0 saturated carbocycles. The van der Waals surface area contributed by atoms with Crippen molar-refractivity contribution in [3.05, 3.63) is 0 Å². The van der Waals surface area contributed by atoms with Gasteiger partial charge in [0, 0.05) is 25.7 Å². The average Bonchev–Trinajstić information content (AvgIpc) is 2.29. The van der Waals surface area contributed by atoms with Crippen molar-refractivity contribution in [2.75, 3.05) is 19.7 Å². The molecule has 0 saturated heterocycles. The number of hydrogen-bond donors (Lipinski definition) is 3. The molecule has 18 heavy (non-hydrogen) atoms. The van der Waals surface area contributed by atoms with Crippen LogP contribution in [-0.2, 0) is 4.79 Å². The van der Waals surface area contributed by atoms with Crippen LogP contribution in [0.15, 0.2) is 0 Å². The summed E-state index contributed by atoms with van der Waals surface area (Å²) in [6, 6.07) is -0.589. The van der Waals surface area contributed by atoms with Crippen LogP contribution in [0.5, 0.6) is 0 Å². The SMILES string of the molecule is CCCC(CC(=O)O)NC(=O)N(CC)CCCO. The van der Waals surface area contributed by atoms with Gasteiger partial charge in [-0.1, -0.05) is 13.3 Å². The first kappa shape index (κ1) is 16.7. The topological polar surface area (TPSA) is 89.9 Å². The summed E-state index contributed by atoms with van der Waals surface area (Å²) in [5.74, 6) is -0.910. The number of carboxylic acid groups (broad SMARTS) is 1. The second-order valence-electron chi connectivity index (χ2n) is 4.19. The molecule has 0 bridgehead atoms. The molecule has 1 atom stereocenters. The molecule has 0 radical (unpaired) electrons. The highest BCUT2D eigenvalue weighted by atomic mass is 16.4. The molecule has 6 heteroatoms. The van der Waals surface area contributed by atoms with Gasteiger partial charge in [-0.25, -0.2) is 4.79 Å². The lowest BCUT2D eigenvalue weighted by Crippen LogP contribution is -2.46. The Morgan fingerprint density at radius 1 is 1.33 bits per heavy atom. The molecule has 0 heterocycles. The molecule has 106 valence electrons. The summed E-state index contributed by atoms with van der Waals surface area (Å²) < 4.78 is 0. The molecule has 0 aliphatic carbocycles. The first-order chi connectivity index (χ1) is 8.54. The lowest BCUT2D eigenvalue weighted by atomic mass is 10.1. The van der Waals surface area contributed by atoms with E-state index in [1.807, 2.05) is 13.8 Å². The number of carboxylic acids is 1. The summed E-state index contributed by atoms with van der Waals surface area (Å²) in [6.07, 6.45) is 1.94. The highest BCUT2D eigenvalue weighted by molar-refractivity contribution is 5.75. The van der Waals surface area contributed by atoms with Gasteiger partial charge in [-0.3, -0.25) is 4.79 Å². The number of nitrogens with one attached hydrogen (secondary N) is 1. The van der Waals surface area contributed by atoms with Crippen LogP contribution in [0, 0.1) is 0 Å². The molecular formula is C12H24N2O4. The third-order valence-corrected chi connectivity index (χ3v) is 2.64. The smallest absolute Gasteiger partial charge is 0.317 e. The van der Waals surface area contributed by atoms with E-state index in [0.29, 0.717) is 25.9 Å². The maximum absolute atomic E-state index is 11.9. The fraction of sp³-hybridized carbons (Fsp3) is 0.833. The number of aliphatic carboxylic acids is 1. The fourth-order valence-corrected chi connectivity index (χ4v) is 1.72. The zero-order valence-corrected chi connectivity index (χ0v) is 11.2. The van der Waals surface area contributed by atoms with E-state index in [1.165, 1.54) is 0 Å². The molecule has 0 aromatic carbocycles. The van der Waals surface area contributed by atoms with Crippen LogP contribution in [0.1, 0.15) is 39.5 Å². The Bertz CT molecular complexity index is 258. The number of carbonyl (C=O) groups is 2. The number of aliphatic hydroxyl groups excluding tert-OH is 1. The molecule has 6 nitrogen and oxygen atoms in total. The number of aliphatic hydroxyl groups is 1. The van der Waals surface area contributed by atoms with Gasteiger partial charge in [0.2, 0.25) is 0 Å². The minimum absolute atomic E-state index is 0.0390. The molecule has 1 unspecified atom stereocenters. The summed E-state index contributed by atoms with van der Waals surface area (Å²) in [4.78, 5) is 24.1. The van der Waals surface area contributed by atoms with Crippen LogP contribution in [0.3, 0.4) is 0 Å². The maximum atomic E-state index is 11.9. The number of carbonyl (C=O) groups excluding carboxylic acids is 1. The molecule has 0 aliphatic heterocycles. The average molecular weight is 260 g/mol. The lowest BCUT2D eigenvalue weighted by molar-refractivity contribution is -0.137. The minimum atomic E-state index is -0.910.